The van der Waals surface area contributed by atoms with Gasteiger partial charge in [0.25, 0.3) is 0 Å². The van der Waals surface area contributed by atoms with Crippen LogP contribution < -0.4 is 9.64 Å². The molecule has 9 nitrogen and oxygen atoms in total. The summed E-state index contributed by atoms with van der Waals surface area (Å²) in [7, 11) is 0. The fourth-order valence-corrected chi connectivity index (χ4v) is 2.53. The highest BCUT2D eigenvalue weighted by Gasteiger charge is 2.21. The highest BCUT2D eigenvalue weighted by molar-refractivity contribution is 6.34. The number of hydrogen-bond donors (Lipinski definition) is 3. The summed E-state index contributed by atoms with van der Waals surface area (Å²) in [6.07, 6.45) is 0.230. The van der Waals surface area contributed by atoms with Gasteiger partial charge in [0.2, 0.25) is 12.3 Å². The zero-order valence-electron chi connectivity index (χ0n) is 13.5. The lowest BCUT2D eigenvalue weighted by Crippen LogP contribution is -2.29. The van der Waals surface area contributed by atoms with Crippen molar-refractivity contribution in [2.24, 2.45) is 0 Å². The molecule has 10 heteroatoms. The number of ether oxygens (including phenoxy) is 1. The highest BCUT2D eigenvalue weighted by atomic mass is 35.5. The fourth-order valence-electron chi connectivity index (χ4n) is 2.31. The highest BCUT2D eigenvalue weighted by Crippen LogP contribution is 2.37. The Hall–Kier alpha value is -3.59. The van der Waals surface area contributed by atoms with Gasteiger partial charge in [0, 0.05) is 11.5 Å². The third-order valence-corrected chi connectivity index (χ3v) is 3.76. The molecule has 0 atom stereocenters. The van der Waals surface area contributed by atoms with Gasteiger partial charge >= 0.3 is 5.97 Å². The molecule has 0 aliphatic rings. The van der Waals surface area contributed by atoms with E-state index in [9.17, 15) is 19.8 Å². The number of hydrogen-bond acceptors (Lipinski definition) is 7. The Morgan fingerprint density at radius 3 is 2.48 bits per heavy atom. The molecular formula is C17H12ClN3O6. The topological polar surface area (TPSA) is 133 Å². The molecule has 0 aliphatic heterocycles. The van der Waals surface area contributed by atoms with Crippen molar-refractivity contribution < 1.29 is 29.6 Å². The summed E-state index contributed by atoms with van der Waals surface area (Å²) in [6, 6.07) is 8.87. The summed E-state index contributed by atoms with van der Waals surface area (Å²) in [4.78, 5) is 30.8. The number of aliphatic carboxylic acids is 1. The van der Waals surface area contributed by atoms with Crippen molar-refractivity contribution in [1.82, 2.24) is 9.97 Å². The average molecular weight is 390 g/mol. The van der Waals surface area contributed by atoms with Crippen molar-refractivity contribution in [2.45, 2.75) is 0 Å². The summed E-state index contributed by atoms with van der Waals surface area (Å²) in [5, 5.41) is 28.5. The number of anilines is 1. The number of fused-ring (bicyclic) bond motifs is 1. The first-order valence-electron chi connectivity index (χ1n) is 7.49. The Bertz CT molecular complexity index is 1030. The summed E-state index contributed by atoms with van der Waals surface area (Å²) in [6.45, 7) is -0.693. The lowest BCUT2D eigenvalue weighted by atomic mass is 10.2. The maximum absolute atomic E-state index is 11.1. The van der Waals surface area contributed by atoms with Gasteiger partial charge in [0.15, 0.2) is 16.7 Å². The lowest BCUT2D eigenvalue weighted by molar-refractivity contribution is -0.136. The van der Waals surface area contributed by atoms with Crippen LogP contribution >= 0.6 is 11.6 Å². The first kappa shape index (κ1) is 18.2. The number of phenolic OH excluding ortho intramolecular Hbond substituents is 1. The van der Waals surface area contributed by atoms with E-state index in [0.717, 1.165) is 0 Å². The van der Waals surface area contributed by atoms with Crippen LogP contribution in [0.4, 0.5) is 5.82 Å². The summed E-state index contributed by atoms with van der Waals surface area (Å²) in [5.41, 5.74) is 0.107. The van der Waals surface area contributed by atoms with Crippen LogP contribution in [0, 0.1) is 0 Å². The first-order valence-corrected chi connectivity index (χ1v) is 7.86. The van der Waals surface area contributed by atoms with Crippen LogP contribution in [-0.2, 0) is 9.59 Å². The predicted octanol–water partition coefficient (Wildman–Crippen LogP) is 2.53. The molecule has 138 valence electrons. The van der Waals surface area contributed by atoms with Crippen LogP contribution in [-0.4, -0.2) is 44.2 Å². The largest absolute Gasteiger partial charge is 0.508 e. The SMILES string of the molecule is O=CN(CC(=O)O)c1nc(Cl)c2nc(Oc3ccc(O)cc3)ccc2c1O. The second-order valence-corrected chi connectivity index (χ2v) is 5.70. The third kappa shape index (κ3) is 3.82. The molecule has 2 aromatic heterocycles. The second-order valence-electron chi connectivity index (χ2n) is 5.34. The fraction of sp³-hybridized carbons (Fsp3) is 0.0588. The van der Waals surface area contributed by atoms with Gasteiger partial charge in [-0.2, -0.15) is 0 Å². The predicted molar refractivity (Wildman–Crippen MR) is 95.4 cm³/mol. The zero-order valence-corrected chi connectivity index (χ0v) is 14.3. The van der Waals surface area contributed by atoms with E-state index < -0.39 is 18.3 Å². The molecule has 3 rings (SSSR count). The molecule has 1 amide bonds. The summed E-state index contributed by atoms with van der Waals surface area (Å²) in [5.74, 6) is -1.36. The van der Waals surface area contributed by atoms with E-state index in [0.29, 0.717) is 10.6 Å². The number of nitrogens with zero attached hydrogens (tertiary/aromatic N) is 3. The van der Waals surface area contributed by atoms with Gasteiger partial charge in [0.05, 0.1) is 0 Å². The van der Waals surface area contributed by atoms with Crippen LogP contribution in [0.5, 0.6) is 23.1 Å². The molecule has 3 N–H and O–H groups in total. The van der Waals surface area contributed by atoms with E-state index >= 15 is 0 Å². The minimum absolute atomic E-state index is 0.0830. The molecule has 27 heavy (non-hydrogen) atoms. The Balaban J connectivity index is 2.01. The molecule has 2 heterocycles. The monoisotopic (exact) mass is 389 g/mol. The van der Waals surface area contributed by atoms with Gasteiger partial charge in [-0.15, -0.1) is 0 Å². The molecule has 0 bridgehead atoms. The molecule has 0 aliphatic carbocycles. The molecule has 0 spiro atoms. The van der Waals surface area contributed by atoms with Crippen molar-refractivity contribution in [3.8, 4) is 23.1 Å². The number of carbonyl (C=O) groups is 2. The van der Waals surface area contributed by atoms with Crippen LogP contribution in [0.3, 0.4) is 0 Å². The Morgan fingerprint density at radius 2 is 1.85 bits per heavy atom. The van der Waals surface area contributed by atoms with Crippen molar-refractivity contribution in [1.29, 1.82) is 0 Å². The van der Waals surface area contributed by atoms with E-state index in [1.165, 1.54) is 36.4 Å². The number of carbonyl (C=O) groups excluding carboxylic acids is 1. The van der Waals surface area contributed by atoms with Crippen LogP contribution in [0.15, 0.2) is 36.4 Å². The van der Waals surface area contributed by atoms with Crippen molar-refractivity contribution in [3.05, 3.63) is 41.6 Å². The van der Waals surface area contributed by atoms with Gasteiger partial charge in [-0.25, -0.2) is 9.97 Å². The first-order chi connectivity index (χ1) is 12.9. The molecule has 0 fully saturated rings. The standard InChI is InChI=1S/C17H12ClN3O6/c18-16-14-11(15(26)17(20-16)21(8-22)7-13(24)25)5-6-12(19-14)27-10-3-1-9(23)2-4-10/h1-6,8,23,26H,7H2,(H,24,25). The summed E-state index contributed by atoms with van der Waals surface area (Å²) >= 11 is 6.10. The van der Waals surface area contributed by atoms with E-state index in [4.69, 9.17) is 21.4 Å². The molecule has 0 radical (unpaired) electrons. The smallest absolute Gasteiger partial charge is 0.323 e. The van der Waals surface area contributed by atoms with E-state index in [-0.39, 0.29) is 39.9 Å². The molecule has 3 aromatic rings. The van der Waals surface area contributed by atoms with E-state index in [1.54, 1.807) is 0 Å². The lowest BCUT2D eigenvalue weighted by Gasteiger charge is -2.17. The van der Waals surface area contributed by atoms with Gasteiger partial charge < -0.3 is 20.1 Å². The van der Waals surface area contributed by atoms with E-state index in [2.05, 4.69) is 9.97 Å². The van der Waals surface area contributed by atoms with Gasteiger partial charge in [-0.3, -0.25) is 14.5 Å². The quantitative estimate of drug-likeness (QED) is 0.432. The molecule has 1 aromatic carbocycles. The number of amides is 1. The number of benzene rings is 1. The Labute approximate surface area is 157 Å². The van der Waals surface area contributed by atoms with Crippen molar-refractivity contribution >= 4 is 40.7 Å². The van der Waals surface area contributed by atoms with Gasteiger partial charge in [-0.1, -0.05) is 11.6 Å². The molecule has 0 saturated carbocycles. The number of aromatic nitrogens is 2. The summed E-state index contributed by atoms with van der Waals surface area (Å²) < 4.78 is 5.55. The maximum Gasteiger partial charge on any atom is 0.323 e. The number of pyridine rings is 2. The number of rotatable bonds is 6. The van der Waals surface area contributed by atoms with Gasteiger partial charge in [0.1, 0.15) is 23.6 Å². The minimum Gasteiger partial charge on any atom is -0.508 e. The normalized spacial score (nSPS) is 10.6. The van der Waals surface area contributed by atoms with Crippen LogP contribution in [0.25, 0.3) is 10.9 Å². The van der Waals surface area contributed by atoms with E-state index in [1.807, 2.05) is 0 Å². The number of carboxylic acids is 1. The number of aromatic hydroxyl groups is 2. The van der Waals surface area contributed by atoms with Gasteiger partial charge in [-0.05, 0) is 30.3 Å². The number of carboxylic acid groups (broad SMARTS) is 1. The molecular weight excluding hydrogens is 378 g/mol. The molecule has 0 saturated heterocycles. The Morgan fingerprint density at radius 1 is 1.15 bits per heavy atom. The minimum atomic E-state index is -1.28. The third-order valence-electron chi connectivity index (χ3n) is 3.50. The maximum atomic E-state index is 11.1. The molecule has 0 unspecified atom stereocenters. The number of halogens is 1. The van der Waals surface area contributed by atoms with Crippen LogP contribution in [0.1, 0.15) is 0 Å². The number of phenols is 1. The zero-order chi connectivity index (χ0) is 19.6. The second kappa shape index (κ2) is 7.34. The van der Waals surface area contributed by atoms with Crippen molar-refractivity contribution in [3.63, 3.8) is 0 Å². The Kier molecular flexibility index (Phi) is 4.95. The van der Waals surface area contributed by atoms with Crippen molar-refractivity contribution in [2.75, 3.05) is 11.4 Å². The average Bonchev–Trinajstić information content (AvgIpc) is 2.64. The van der Waals surface area contributed by atoms with Crippen LogP contribution in [0.2, 0.25) is 5.15 Å².